The third-order valence-corrected chi connectivity index (χ3v) is 5.60. The highest BCUT2D eigenvalue weighted by Gasteiger charge is 2.20. The van der Waals surface area contributed by atoms with Crippen molar-refractivity contribution in [1.29, 1.82) is 0 Å². The topological polar surface area (TPSA) is 99.1 Å². The van der Waals surface area contributed by atoms with Crippen molar-refractivity contribution in [3.05, 3.63) is 86.8 Å². The number of nitrogens with zero attached hydrogens (tertiary/aromatic N) is 2. The lowest BCUT2D eigenvalue weighted by atomic mass is 10.1. The third-order valence-electron chi connectivity index (χ3n) is 4.49. The van der Waals surface area contributed by atoms with Crippen molar-refractivity contribution in [1.82, 2.24) is 4.98 Å². The van der Waals surface area contributed by atoms with E-state index in [2.05, 4.69) is 4.98 Å². The van der Waals surface area contributed by atoms with E-state index in [9.17, 15) is 14.9 Å². The molecule has 28 heavy (non-hydrogen) atoms. The minimum atomic E-state index is -0.501. The summed E-state index contributed by atoms with van der Waals surface area (Å²) in [6.45, 7) is 2.02. The van der Waals surface area contributed by atoms with Crippen LogP contribution in [-0.4, -0.2) is 15.7 Å². The minimum absolute atomic E-state index is 0.0646. The number of hydrogen-bond donors (Lipinski definition) is 1. The van der Waals surface area contributed by atoms with Crippen LogP contribution < -0.4 is 5.73 Å². The van der Waals surface area contributed by atoms with Gasteiger partial charge in [0.25, 0.3) is 5.69 Å². The summed E-state index contributed by atoms with van der Waals surface area (Å²) in [6.07, 6.45) is 0. The van der Waals surface area contributed by atoms with Crippen LogP contribution in [0.25, 0.3) is 21.5 Å². The van der Waals surface area contributed by atoms with Gasteiger partial charge in [0.2, 0.25) is 5.78 Å². The first-order chi connectivity index (χ1) is 13.4. The molecule has 0 saturated heterocycles. The molecule has 0 aliphatic rings. The summed E-state index contributed by atoms with van der Waals surface area (Å²) in [5.41, 5.74) is 9.84. The average molecular weight is 389 g/mol. The van der Waals surface area contributed by atoms with Gasteiger partial charge in [-0.25, -0.2) is 4.98 Å². The number of nitro groups is 1. The SMILES string of the molecule is Cc1ccc(-c2ccc3c(N)c(C(=O)c4ccc([N+](=O)[O-])cc4)sc3n2)cc1. The second-order valence-electron chi connectivity index (χ2n) is 6.39. The first-order valence-electron chi connectivity index (χ1n) is 8.49. The van der Waals surface area contributed by atoms with E-state index in [-0.39, 0.29) is 11.5 Å². The van der Waals surface area contributed by atoms with Crippen molar-refractivity contribution in [2.24, 2.45) is 0 Å². The second kappa shape index (κ2) is 6.86. The van der Waals surface area contributed by atoms with Crippen molar-refractivity contribution in [3.8, 4) is 11.3 Å². The maximum Gasteiger partial charge on any atom is 0.269 e. The van der Waals surface area contributed by atoms with Crippen LogP contribution in [0.5, 0.6) is 0 Å². The van der Waals surface area contributed by atoms with Crippen LogP contribution in [0, 0.1) is 17.0 Å². The van der Waals surface area contributed by atoms with Crippen LogP contribution in [-0.2, 0) is 0 Å². The average Bonchev–Trinajstić information content (AvgIpc) is 3.04. The molecule has 0 aliphatic heterocycles. The van der Waals surface area contributed by atoms with Gasteiger partial charge in [0.15, 0.2) is 0 Å². The van der Waals surface area contributed by atoms with Gasteiger partial charge >= 0.3 is 0 Å². The zero-order valence-electron chi connectivity index (χ0n) is 14.9. The number of fused-ring (bicyclic) bond motifs is 1. The molecular weight excluding hydrogens is 374 g/mol. The van der Waals surface area contributed by atoms with Crippen LogP contribution >= 0.6 is 11.3 Å². The number of anilines is 1. The van der Waals surface area contributed by atoms with Crippen LogP contribution in [0.3, 0.4) is 0 Å². The number of non-ortho nitro benzene ring substituents is 1. The van der Waals surface area contributed by atoms with Crippen molar-refractivity contribution in [3.63, 3.8) is 0 Å². The molecule has 4 aromatic rings. The van der Waals surface area contributed by atoms with E-state index in [0.29, 0.717) is 21.0 Å². The van der Waals surface area contributed by atoms with Crippen LogP contribution in [0.1, 0.15) is 20.8 Å². The maximum absolute atomic E-state index is 12.8. The third kappa shape index (κ3) is 3.12. The molecule has 2 heterocycles. The minimum Gasteiger partial charge on any atom is -0.397 e. The van der Waals surface area contributed by atoms with Crippen molar-refractivity contribution >= 4 is 38.7 Å². The first kappa shape index (κ1) is 17.8. The number of nitrogen functional groups attached to an aromatic ring is 1. The van der Waals surface area contributed by atoms with Gasteiger partial charge in [0.05, 0.1) is 16.3 Å². The second-order valence-corrected chi connectivity index (χ2v) is 7.39. The molecule has 0 spiro atoms. The number of aryl methyl sites for hydroxylation is 1. The van der Waals surface area contributed by atoms with E-state index in [0.717, 1.165) is 16.6 Å². The Morgan fingerprint density at radius 1 is 1.04 bits per heavy atom. The Labute approximate surface area is 164 Å². The number of nitro benzene ring substituents is 1. The lowest BCUT2D eigenvalue weighted by Gasteiger charge is -2.02. The molecule has 0 saturated carbocycles. The summed E-state index contributed by atoms with van der Waals surface area (Å²) in [4.78, 5) is 28.9. The Morgan fingerprint density at radius 3 is 2.36 bits per heavy atom. The molecule has 0 radical (unpaired) electrons. The zero-order chi connectivity index (χ0) is 19.8. The summed E-state index contributed by atoms with van der Waals surface area (Å²) in [5.74, 6) is -0.271. The number of nitrogens with two attached hydrogens (primary N) is 1. The lowest BCUT2D eigenvalue weighted by molar-refractivity contribution is -0.384. The van der Waals surface area contributed by atoms with E-state index in [4.69, 9.17) is 5.73 Å². The fraction of sp³-hybridized carbons (Fsp3) is 0.0476. The van der Waals surface area contributed by atoms with E-state index in [1.54, 1.807) is 0 Å². The van der Waals surface area contributed by atoms with E-state index >= 15 is 0 Å². The zero-order valence-corrected chi connectivity index (χ0v) is 15.7. The molecule has 0 unspecified atom stereocenters. The van der Waals surface area contributed by atoms with Gasteiger partial charge in [-0.3, -0.25) is 14.9 Å². The van der Waals surface area contributed by atoms with Gasteiger partial charge in [0.1, 0.15) is 9.71 Å². The van der Waals surface area contributed by atoms with Crippen molar-refractivity contribution in [2.75, 3.05) is 5.73 Å². The highest BCUT2D eigenvalue weighted by Crippen LogP contribution is 2.35. The molecule has 0 amide bonds. The molecule has 4 rings (SSSR count). The van der Waals surface area contributed by atoms with Gasteiger partial charge in [-0.05, 0) is 31.2 Å². The quantitative estimate of drug-likeness (QED) is 0.301. The summed E-state index contributed by atoms with van der Waals surface area (Å²) < 4.78 is 0. The van der Waals surface area contributed by atoms with Crippen LogP contribution in [0.15, 0.2) is 60.7 Å². The number of pyridine rings is 1. The van der Waals surface area contributed by atoms with Gasteiger partial charge in [-0.15, -0.1) is 11.3 Å². The summed E-state index contributed by atoms with van der Waals surface area (Å²) in [7, 11) is 0. The standard InChI is InChI=1S/C21H15N3O3S/c1-12-2-4-13(5-3-12)17-11-10-16-18(22)20(28-21(16)23-17)19(25)14-6-8-15(9-7-14)24(26)27/h2-11H,22H2,1H3. The van der Waals surface area contributed by atoms with Crippen molar-refractivity contribution < 1.29 is 9.72 Å². The Bertz CT molecular complexity index is 1210. The number of ketones is 1. The fourth-order valence-corrected chi connectivity index (χ4v) is 3.97. The smallest absolute Gasteiger partial charge is 0.269 e. The van der Waals surface area contributed by atoms with Crippen molar-refractivity contribution in [2.45, 2.75) is 6.92 Å². The summed E-state index contributed by atoms with van der Waals surface area (Å²) in [6, 6.07) is 17.3. The largest absolute Gasteiger partial charge is 0.397 e. The predicted octanol–water partition coefficient (Wildman–Crippen LogP) is 4.99. The molecule has 0 fully saturated rings. The summed E-state index contributed by atoms with van der Waals surface area (Å²) in [5, 5.41) is 11.5. The first-order valence-corrected chi connectivity index (χ1v) is 9.31. The molecule has 0 aliphatic carbocycles. The van der Waals surface area contributed by atoms with Gasteiger partial charge < -0.3 is 5.73 Å². The number of carbonyl (C=O) groups excluding carboxylic acids is 1. The Morgan fingerprint density at radius 2 is 1.71 bits per heavy atom. The normalized spacial score (nSPS) is 10.9. The van der Waals surface area contributed by atoms with E-state index in [1.807, 2.05) is 43.3 Å². The fourth-order valence-electron chi connectivity index (χ4n) is 2.92. The molecular formula is C21H15N3O3S. The molecule has 6 nitrogen and oxygen atoms in total. The van der Waals surface area contributed by atoms with Crippen LogP contribution in [0.2, 0.25) is 0 Å². The number of benzene rings is 2. The summed E-state index contributed by atoms with van der Waals surface area (Å²) >= 11 is 1.23. The molecule has 0 atom stereocenters. The van der Waals surface area contributed by atoms with E-state index in [1.165, 1.54) is 41.2 Å². The number of carbonyl (C=O) groups is 1. The highest BCUT2D eigenvalue weighted by atomic mass is 32.1. The Balaban J connectivity index is 1.73. The Kier molecular flexibility index (Phi) is 4.37. The molecule has 2 aromatic heterocycles. The highest BCUT2D eigenvalue weighted by molar-refractivity contribution is 7.21. The predicted molar refractivity (Wildman–Crippen MR) is 111 cm³/mol. The van der Waals surface area contributed by atoms with E-state index < -0.39 is 4.92 Å². The number of hydrogen-bond acceptors (Lipinski definition) is 6. The van der Waals surface area contributed by atoms with Gasteiger partial charge in [-0.1, -0.05) is 29.8 Å². The van der Waals surface area contributed by atoms with Gasteiger partial charge in [0, 0.05) is 28.6 Å². The lowest BCUT2D eigenvalue weighted by Crippen LogP contribution is -2.02. The number of rotatable bonds is 4. The molecule has 138 valence electrons. The number of thiophene rings is 1. The maximum atomic E-state index is 12.8. The molecule has 2 aromatic carbocycles. The Hall–Kier alpha value is -3.58. The van der Waals surface area contributed by atoms with Gasteiger partial charge in [-0.2, -0.15) is 0 Å². The number of aromatic nitrogens is 1. The molecule has 7 heteroatoms. The molecule has 2 N–H and O–H groups in total. The van der Waals surface area contributed by atoms with Crippen LogP contribution in [0.4, 0.5) is 11.4 Å². The molecule has 0 bridgehead atoms. The monoisotopic (exact) mass is 389 g/mol.